The van der Waals surface area contributed by atoms with E-state index >= 15 is 0 Å². The van der Waals surface area contributed by atoms with Gasteiger partial charge >= 0.3 is 71.2 Å². The number of rotatable bonds is 0. The van der Waals surface area contributed by atoms with Crippen molar-refractivity contribution in [2.24, 2.45) is 0 Å². The molecular formula is C9H21N3O3Ti3. The first-order valence-electron chi connectivity index (χ1n) is 3.85. The first kappa shape index (κ1) is 36.6. The summed E-state index contributed by atoms with van der Waals surface area (Å²) in [5.41, 5.74) is 0. The predicted octanol–water partition coefficient (Wildman–Crippen LogP) is 1.14. The van der Waals surface area contributed by atoms with E-state index in [2.05, 4.69) is 42.3 Å². The molecule has 0 aliphatic carbocycles. The van der Waals surface area contributed by atoms with Crippen LogP contribution in [-0.4, -0.2) is 35.8 Å². The van der Waals surface area contributed by atoms with Crippen LogP contribution in [0.4, 0.5) is 0 Å². The van der Waals surface area contributed by atoms with Gasteiger partial charge in [-0.25, -0.2) is 0 Å². The normalized spacial score (nSPS) is 7.00. The molecule has 0 bridgehead atoms. The zero-order chi connectivity index (χ0) is 16.7. The Kier molecular flexibility index (Phi) is 105. The van der Waals surface area contributed by atoms with Crippen molar-refractivity contribution < 1.29 is 71.2 Å². The summed E-state index contributed by atoms with van der Waals surface area (Å²) in [5.74, 6) is 0. The zero-order valence-corrected chi connectivity index (χ0v) is 16.0. The van der Waals surface area contributed by atoms with Gasteiger partial charge in [0.2, 0.25) is 0 Å². The molecule has 0 saturated heterocycles. The molecule has 0 spiro atoms. The van der Waals surface area contributed by atoms with Gasteiger partial charge in [-0.15, -0.1) is 0 Å². The summed E-state index contributed by atoms with van der Waals surface area (Å²) in [4.78, 5) is 4.50. The molecule has 102 valence electrons. The van der Waals surface area contributed by atoms with Crippen LogP contribution in [0.15, 0.2) is 0 Å². The Morgan fingerprint density at radius 1 is 0.611 bits per heavy atom. The molecule has 0 amide bonds. The summed E-state index contributed by atoms with van der Waals surface area (Å²) in [6, 6.07) is 0. The van der Waals surface area contributed by atoms with Crippen LogP contribution in [0.3, 0.4) is 0 Å². The van der Waals surface area contributed by atoms with Crippen LogP contribution in [0.1, 0.15) is 0 Å². The van der Waals surface area contributed by atoms with Crippen LogP contribution < -0.4 is 0 Å². The fourth-order valence-electron chi connectivity index (χ4n) is 0. The monoisotopic (exact) mass is 363 g/mol. The number of hydrogen-bond acceptors (Lipinski definition) is 6. The molecule has 0 N–H and O–H groups in total. The van der Waals surface area contributed by atoms with Crippen molar-refractivity contribution in [3.05, 3.63) is 42.3 Å². The molecule has 0 aromatic rings. The van der Waals surface area contributed by atoms with Gasteiger partial charge in [-0.3, -0.25) is 7.05 Å². The molecule has 0 heterocycles. The summed E-state index contributed by atoms with van der Waals surface area (Å²) in [6.45, 7) is 0. The molecule has 0 radical (unpaired) electrons. The molecule has 0 rings (SSSR count). The molecule has 9 heteroatoms. The van der Waals surface area contributed by atoms with E-state index in [9.17, 15) is 0 Å². The van der Waals surface area contributed by atoms with Gasteiger partial charge in [0.15, 0.2) is 0 Å². The average Bonchev–Trinajstić information content (AvgIpc) is 2.23. The van der Waals surface area contributed by atoms with Crippen LogP contribution in [0.25, 0.3) is 0 Å². The van der Waals surface area contributed by atoms with Crippen LogP contribution in [-0.2, 0) is 71.2 Å². The first-order chi connectivity index (χ1) is 8.20. The van der Waals surface area contributed by atoms with Crippen LogP contribution in [0.2, 0.25) is 0 Å². The maximum atomic E-state index is 8.25. The Morgan fingerprint density at radius 2 is 0.611 bits per heavy atom. The first-order valence-corrected chi connectivity index (χ1v) is 5.76. The third-order valence-electron chi connectivity index (χ3n) is 0. The minimum atomic E-state index is 0.750. The quantitative estimate of drug-likeness (QED) is 0.475. The van der Waals surface area contributed by atoms with Crippen molar-refractivity contribution in [1.82, 2.24) is 14.7 Å². The Balaban J connectivity index is -0.0000000249. The van der Waals surface area contributed by atoms with Crippen molar-refractivity contribution in [3.8, 4) is 0 Å². The van der Waals surface area contributed by atoms with Crippen molar-refractivity contribution in [1.29, 1.82) is 0 Å². The van der Waals surface area contributed by atoms with E-state index in [1.54, 1.807) is 11.9 Å². The second-order valence-corrected chi connectivity index (χ2v) is 2.61. The maximum absolute atomic E-state index is 8.25. The van der Waals surface area contributed by atoms with Crippen LogP contribution >= 0.6 is 0 Å². The summed E-state index contributed by atoms with van der Waals surface area (Å²) >= 11 is 2.25. The van der Waals surface area contributed by atoms with E-state index in [0.717, 1.165) is 61.2 Å². The third-order valence-corrected chi connectivity index (χ3v) is 0. The second kappa shape index (κ2) is 51.5. The minimum absolute atomic E-state index is 0.750. The van der Waals surface area contributed by atoms with Gasteiger partial charge in [-0.2, -0.15) is 0 Å². The molecular weight excluding hydrogens is 342 g/mol. The van der Waals surface area contributed by atoms with Crippen LogP contribution in [0, 0.1) is 42.3 Å². The van der Waals surface area contributed by atoms with E-state index in [4.69, 9.17) is 9.97 Å². The van der Waals surface area contributed by atoms with Crippen molar-refractivity contribution in [2.45, 2.75) is 0 Å². The molecule has 18 heavy (non-hydrogen) atoms. The van der Waals surface area contributed by atoms with Gasteiger partial charge in [0.05, 0.1) is 0 Å². The van der Waals surface area contributed by atoms with Crippen LogP contribution in [0.5, 0.6) is 0 Å². The van der Waals surface area contributed by atoms with E-state index < -0.39 is 0 Å². The Bertz CT molecular complexity index is 85.0. The van der Waals surface area contributed by atoms with Gasteiger partial charge in [-0.1, -0.05) is 7.05 Å². The molecule has 0 aromatic carbocycles. The van der Waals surface area contributed by atoms with Gasteiger partial charge in [0.25, 0.3) is 0 Å². The van der Waals surface area contributed by atoms with E-state index in [1.165, 1.54) is 9.80 Å². The summed E-state index contributed by atoms with van der Waals surface area (Å²) in [6.07, 6.45) is 0. The Morgan fingerprint density at radius 3 is 0.611 bits per heavy atom. The Hall–Kier alpha value is 1.42. The van der Waals surface area contributed by atoms with Gasteiger partial charge in [0, 0.05) is 0 Å². The van der Waals surface area contributed by atoms with E-state index in [-0.39, 0.29) is 0 Å². The molecule has 0 unspecified atom stereocenters. The van der Waals surface area contributed by atoms with Gasteiger partial charge in [0.1, 0.15) is 0 Å². The number of nitrogens with zero attached hydrogens (tertiary/aromatic N) is 3. The SMILES string of the molecule is [CH2-]N(C)C.[CH2-]N([CH2-])C.[CH2-]N([CH2-])[CH2-].[O]=[Ti+2].[O]=[Ti+2].[O]=[Ti+2]. The van der Waals surface area contributed by atoms with Gasteiger partial charge < -0.3 is 49.9 Å². The fraction of sp³-hybridized carbons (Fsp3) is 0.333. The molecule has 0 saturated carbocycles. The molecule has 0 atom stereocenters. The molecule has 0 aliphatic rings. The molecule has 0 aromatic heterocycles. The standard InChI is InChI=1S/C3H8N.C3H7N.C3H6N.3O.3Ti/c3*1-4(2)3;;;;;;/h1H2,2-3H3;1-2H2,3H3;1-3H2;;;;;;/q-1;-2;-3;;;;3*+2. The predicted molar refractivity (Wildman–Crippen MR) is 57.5 cm³/mol. The van der Waals surface area contributed by atoms with Gasteiger partial charge in [-0.05, 0) is 14.1 Å². The van der Waals surface area contributed by atoms with E-state index in [0.29, 0.717) is 0 Å². The molecule has 0 aliphatic heterocycles. The second-order valence-electron chi connectivity index (χ2n) is 2.61. The fourth-order valence-corrected chi connectivity index (χ4v) is 0. The topological polar surface area (TPSA) is 60.9 Å². The molecule has 0 fully saturated rings. The van der Waals surface area contributed by atoms with Crippen molar-refractivity contribution in [3.63, 3.8) is 0 Å². The summed E-state index contributed by atoms with van der Waals surface area (Å²) in [7, 11) is 25.5. The van der Waals surface area contributed by atoms with E-state index in [1.807, 2.05) is 14.1 Å². The zero-order valence-electron chi connectivity index (χ0n) is 11.3. The van der Waals surface area contributed by atoms with Crippen molar-refractivity contribution in [2.75, 3.05) is 21.1 Å². The average molecular weight is 363 g/mol. The summed E-state index contributed by atoms with van der Waals surface area (Å²) in [5, 5.41) is 0. The summed E-state index contributed by atoms with van der Waals surface area (Å²) < 4.78 is 24.8. The van der Waals surface area contributed by atoms with Crippen molar-refractivity contribution >= 4 is 0 Å². The Labute approximate surface area is 148 Å². The molecule has 6 nitrogen and oxygen atoms in total. The number of hydrogen-bond donors (Lipinski definition) is 0. The third kappa shape index (κ3) is 2320.